The van der Waals surface area contributed by atoms with Crippen LogP contribution >= 0.6 is 6.72 Å². The number of hydrogen-bond acceptors (Lipinski definition) is 4. The SMILES string of the molecule is Cc1ccc(C)c(OP(=S)(Oc2c(C)ccc(C)c2C)Oc2c(C)ccc(C)c2C)c1C. The van der Waals surface area contributed by atoms with Gasteiger partial charge in [-0.3, -0.25) is 0 Å². The molecule has 3 nitrogen and oxygen atoms in total. The predicted molar refractivity (Wildman–Crippen MR) is 138 cm³/mol. The zero-order valence-electron chi connectivity index (χ0n) is 20.5. The van der Waals surface area contributed by atoms with Crippen LogP contribution in [0.3, 0.4) is 0 Å². The van der Waals surface area contributed by atoms with Crippen LogP contribution in [0.15, 0.2) is 36.4 Å². The zero-order valence-corrected chi connectivity index (χ0v) is 22.3. The van der Waals surface area contributed by atoms with Crippen molar-refractivity contribution in [1.82, 2.24) is 0 Å². The summed E-state index contributed by atoms with van der Waals surface area (Å²) in [5, 5.41) is 0. The molecule has 170 valence electrons. The fraction of sp³-hybridized carbons (Fsp3) is 0.333. The summed E-state index contributed by atoms with van der Waals surface area (Å²) in [6.45, 7) is 15.1. The minimum Gasteiger partial charge on any atom is -0.407 e. The molecule has 0 fully saturated rings. The van der Waals surface area contributed by atoms with E-state index in [9.17, 15) is 0 Å². The molecule has 0 unspecified atom stereocenters. The zero-order chi connectivity index (χ0) is 23.8. The maximum atomic E-state index is 6.53. The van der Waals surface area contributed by atoms with Crippen molar-refractivity contribution in [3.63, 3.8) is 0 Å². The molecule has 32 heavy (non-hydrogen) atoms. The molecule has 0 atom stereocenters. The minimum atomic E-state index is -3.27. The molecule has 0 radical (unpaired) electrons. The summed E-state index contributed by atoms with van der Waals surface area (Å²) in [6.07, 6.45) is 0. The largest absolute Gasteiger partial charge is 0.490 e. The van der Waals surface area contributed by atoms with Gasteiger partial charge in [0.05, 0.1) is 0 Å². The lowest BCUT2D eigenvalue weighted by Crippen LogP contribution is -2.12. The van der Waals surface area contributed by atoms with E-state index in [4.69, 9.17) is 25.4 Å². The standard InChI is InChI=1S/C27H33O3PS/c1-16-10-13-19(4)25(22(16)7)28-31(32,29-26-20(5)14-11-17(2)23(26)8)30-27-21(6)15-12-18(3)24(27)9/h10-15H,1-9H3. The average Bonchev–Trinajstić information content (AvgIpc) is 2.75. The van der Waals surface area contributed by atoms with Crippen LogP contribution in [-0.4, -0.2) is 0 Å². The van der Waals surface area contributed by atoms with E-state index in [1.807, 2.05) is 59.7 Å². The average molecular weight is 469 g/mol. The number of rotatable bonds is 6. The Hall–Kier alpha value is -2.29. The second kappa shape index (κ2) is 9.29. The van der Waals surface area contributed by atoms with Crippen molar-refractivity contribution in [2.45, 2.75) is 62.3 Å². The summed E-state index contributed by atoms with van der Waals surface area (Å²) in [6, 6.07) is 12.4. The van der Waals surface area contributed by atoms with Gasteiger partial charge in [-0.2, -0.15) is 0 Å². The molecule has 0 aliphatic heterocycles. The second-order valence-corrected chi connectivity index (χ2v) is 11.5. The first kappa shape index (κ1) is 24.4. The Bertz CT molecular complexity index is 1080. The highest BCUT2D eigenvalue weighted by atomic mass is 32.5. The Labute approximate surface area is 198 Å². The van der Waals surface area contributed by atoms with Crippen molar-refractivity contribution in [2.24, 2.45) is 0 Å². The molecular formula is C27H33O3PS. The van der Waals surface area contributed by atoms with Crippen LogP contribution in [0.25, 0.3) is 0 Å². The summed E-state index contributed by atoms with van der Waals surface area (Å²) in [5.41, 5.74) is 9.55. The molecule has 0 saturated carbocycles. The molecule has 0 N–H and O–H groups in total. The van der Waals surface area contributed by atoms with Gasteiger partial charge in [-0.25, -0.2) is 0 Å². The van der Waals surface area contributed by atoms with E-state index in [2.05, 4.69) is 39.0 Å². The third-order valence-corrected chi connectivity index (χ3v) is 8.12. The summed E-state index contributed by atoms with van der Waals surface area (Å²) in [5.74, 6) is 2.21. The Kier molecular flexibility index (Phi) is 7.07. The molecule has 3 rings (SSSR count). The predicted octanol–water partition coefficient (Wildman–Crippen LogP) is 8.22. The van der Waals surface area contributed by atoms with Crippen LogP contribution in [0.4, 0.5) is 0 Å². The van der Waals surface area contributed by atoms with Gasteiger partial charge in [0.15, 0.2) is 0 Å². The maximum Gasteiger partial charge on any atom is 0.490 e. The third-order valence-electron chi connectivity index (χ3n) is 6.23. The van der Waals surface area contributed by atoms with Gasteiger partial charge in [-0.05, 0) is 112 Å². The summed E-state index contributed by atoms with van der Waals surface area (Å²) < 4.78 is 19.6. The number of benzene rings is 3. The summed E-state index contributed by atoms with van der Waals surface area (Å²) >= 11 is 6.08. The first-order valence-corrected chi connectivity index (χ1v) is 13.4. The molecular weight excluding hydrogens is 435 g/mol. The fourth-order valence-corrected chi connectivity index (χ4v) is 5.89. The molecule has 0 spiro atoms. The topological polar surface area (TPSA) is 27.7 Å². The fourth-order valence-electron chi connectivity index (χ4n) is 3.59. The van der Waals surface area contributed by atoms with Crippen LogP contribution in [0.2, 0.25) is 0 Å². The van der Waals surface area contributed by atoms with E-state index in [1.54, 1.807) is 0 Å². The van der Waals surface area contributed by atoms with Crippen LogP contribution in [0, 0.1) is 62.3 Å². The van der Waals surface area contributed by atoms with Gasteiger partial charge in [0.1, 0.15) is 17.2 Å². The van der Waals surface area contributed by atoms with Crippen LogP contribution < -0.4 is 13.6 Å². The summed E-state index contributed by atoms with van der Waals surface area (Å²) in [4.78, 5) is 0. The Balaban J connectivity index is 2.16. The molecule has 3 aromatic carbocycles. The first-order valence-electron chi connectivity index (χ1n) is 10.8. The normalized spacial score (nSPS) is 11.4. The van der Waals surface area contributed by atoms with Crippen molar-refractivity contribution in [1.29, 1.82) is 0 Å². The van der Waals surface area contributed by atoms with Gasteiger partial charge in [0.25, 0.3) is 0 Å². The molecule has 0 heterocycles. The Morgan fingerprint density at radius 3 is 0.906 bits per heavy atom. The third kappa shape index (κ3) is 4.87. The molecule has 0 aromatic heterocycles. The van der Waals surface area contributed by atoms with Crippen LogP contribution in [0.1, 0.15) is 50.1 Å². The van der Waals surface area contributed by atoms with Crippen LogP contribution in [0.5, 0.6) is 17.2 Å². The van der Waals surface area contributed by atoms with Gasteiger partial charge in [-0.1, -0.05) is 36.4 Å². The van der Waals surface area contributed by atoms with E-state index in [-0.39, 0.29) is 0 Å². The van der Waals surface area contributed by atoms with Crippen molar-refractivity contribution in [3.8, 4) is 17.2 Å². The van der Waals surface area contributed by atoms with Crippen molar-refractivity contribution >= 4 is 18.5 Å². The second-order valence-electron chi connectivity index (χ2n) is 8.68. The van der Waals surface area contributed by atoms with Gasteiger partial charge < -0.3 is 13.6 Å². The lowest BCUT2D eigenvalue weighted by atomic mass is 10.1. The van der Waals surface area contributed by atoms with E-state index >= 15 is 0 Å². The molecule has 0 amide bonds. The smallest absolute Gasteiger partial charge is 0.407 e. The first-order chi connectivity index (χ1) is 14.9. The van der Waals surface area contributed by atoms with E-state index < -0.39 is 6.72 Å². The van der Waals surface area contributed by atoms with E-state index in [1.165, 1.54) is 0 Å². The van der Waals surface area contributed by atoms with Gasteiger partial charge in [0, 0.05) is 11.8 Å². The van der Waals surface area contributed by atoms with E-state index in [0.717, 1.165) is 67.3 Å². The number of aryl methyl sites for hydroxylation is 6. The maximum absolute atomic E-state index is 6.53. The molecule has 3 aromatic rings. The Morgan fingerprint density at radius 1 is 0.438 bits per heavy atom. The highest BCUT2D eigenvalue weighted by molar-refractivity contribution is 8.08. The quantitative estimate of drug-likeness (QED) is 0.341. The van der Waals surface area contributed by atoms with Crippen LogP contribution in [-0.2, 0) is 11.8 Å². The van der Waals surface area contributed by atoms with Crippen molar-refractivity contribution in [2.75, 3.05) is 0 Å². The molecule has 5 heteroatoms. The molecule has 0 aliphatic carbocycles. The molecule has 0 bridgehead atoms. The lowest BCUT2D eigenvalue weighted by Gasteiger charge is -2.28. The summed E-state index contributed by atoms with van der Waals surface area (Å²) in [7, 11) is 0. The molecule has 0 saturated heterocycles. The number of hydrogen-bond donors (Lipinski definition) is 0. The van der Waals surface area contributed by atoms with Crippen molar-refractivity contribution < 1.29 is 13.6 Å². The lowest BCUT2D eigenvalue weighted by molar-refractivity contribution is 0.377. The van der Waals surface area contributed by atoms with Gasteiger partial charge in [0.2, 0.25) is 0 Å². The van der Waals surface area contributed by atoms with E-state index in [0.29, 0.717) is 0 Å². The highest BCUT2D eigenvalue weighted by Crippen LogP contribution is 2.54. The minimum absolute atomic E-state index is 0.735. The monoisotopic (exact) mass is 468 g/mol. The highest BCUT2D eigenvalue weighted by Gasteiger charge is 2.31. The van der Waals surface area contributed by atoms with Gasteiger partial charge in [-0.15, -0.1) is 0 Å². The Morgan fingerprint density at radius 2 is 0.656 bits per heavy atom. The van der Waals surface area contributed by atoms with Crippen molar-refractivity contribution in [3.05, 3.63) is 86.5 Å². The van der Waals surface area contributed by atoms with Gasteiger partial charge >= 0.3 is 6.72 Å². The molecule has 0 aliphatic rings.